The van der Waals surface area contributed by atoms with Crippen molar-refractivity contribution in [1.29, 1.82) is 0 Å². The monoisotopic (exact) mass is 494 g/mol. The van der Waals surface area contributed by atoms with Crippen LogP contribution in [0.4, 0.5) is 5.69 Å². The molecule has 0 bridgehead atoms. The summed E-state index contributed by atoms with van der Waals surface area (Å²) in [5.74, 6) is 0.797. The molecular weight excluding hydrogens is 463 g/mol. The molecule has 180 valence electrons. The number of benzene rings is 1. The zero-order valence-corrected chi connectivity index (χ0v) is 20.3. The normalized spacial score (nSPS) is 24.5. The molecule has 1 atom stereocenters. The zero-order valence-electron chi connectivity index (χ0n) is 18.8. The van der Waals surface area contributed by atoms with Crippen LogP contribution < -0.4 is 15.5 Å². The van der Waals surface area contributed by atoms with Crippen LogP contribution in [0.25, 0.3) is 0 Å². The Balaban J connectivity index is 0.00000259. The smallest absolute Gasteiger partial charge is 0.255 e. The molecule has 2 N–H and O–H groups in total. The SMILES string of the molecule is Cl.O=C1CC[C@H](N2Cc3c(ccc(N4CCC(CC5CCNCC5)CC4)c3Cl)C2=O)C(=O)N1. The van der Waals surface area contributed by atoms with Gasteiger partial charge in [0, 0.05) is 37.2 Å². The molecule has 4 aliphatic heterocycles. The molecule has 0 saturated carbocycles. The number of carbonyl (C=O) groups is 3. The number of rotatable bonds is 4. The van der Waals surface area contributed by atoms with Crippen molar-refractivity contribution in [2.45, 2.75) is 57.5 Å². The Kier molecular flexibility index (Phi) is 7.51. The number of nitrogens with one attached hydrogen (secondary N) is 2. The number of fused-ring (bicyclic) bond motifs is 1. The Morgan fingerprint density at radius 1 is 0.970 bits per heavy atom. The fraction of sp³-hybridized carbons (Fsp3) is 0.625. The van der Waals surface area contributed by atoms with E-state index in [1.165, 1.54) is 32.1 Å². The molecule has 0 radical (unpaired) electrons. The number of imide groups is 1. The van der Waals surface area contributed by atoms with Crippen LogP contribution in [0, 0.1) is 11.8 Å². The maximum atomic E-state index is 13.0. The summed E-state index contributed by atoms with van der Waals surface area (Å²) in [6.07, 6.45) is 6.91. The Bertz CT molecular complexity index is 927. The van der Waals surface area contributed by atoms with Crippen LogP contribution in [0.3, 0.4) is 0 Å². The second-order valence-electron chi connectivity index (χ2n) is 9.68. The molecular formula is C24H32Cl2N4O3. The van der Waals surface area contributed by atoms with Crippen molar-refractivity contribution in [1.82, 2.24) is 15.5 Å². The second kappa shape index (κ2) is 10.2. The fourth-order valence-electron chi connectivity index (χ4n) is 5.83. The highest BCUT2D eigenvalue weighted by molar-refractivity contribution is 6.35. The fourth-order valence-corrected chi connectivity index (χ4v) is 6.18. The van der Waals surface area contributed by atoms with E-state index in [1.54, 1.807) is 4.90 Å². The molecule has 3 fully saturated rings. The van der Waals surface area contributed by atoms with Gasteiger partial charge in [0.1, 0.15) is 6.04 Å². The minimum absolute atomic E-state index is 0. The summed E-state index contributed by atoms with van der Waals surface area (Å²) in [6, 6.07) is 3.20. The first kappa shape index (κ1) is 24.3. The zero-order chi connectivity index (χ0) is 22.2. The molecule has 0 aromatic heterocycles. The Morgan fingerprint density at radius 2 is 1.67 bits per heavy atom. The second-order valence-corrected chi connectivity index (χ2v) is 10.1. The van der Waals surface area contributed by atoms with E-state index in [-0.39, 0.29) is 30.6 Å². The predicted octanol–water partition coefficient (Wildman–Crippen LogP) is 3.13. The van der Waals surface area contributed by atoms with Gasteiger partial charge in [-0.3, -0.25) is 19.7 Å². The highest BCUT2D eigenvalue weighted by atomic mass is 35.5. The van der Waals surface area contributed by atoms with Crippen molar-refractivity contribution in [3.8, 4) is 0 Å². The third kappa shape index (κ3) is 4.86. The third-order valence-electron chi connectivity index (χ3n) is 7.71. The third-order valence-corrected chi connectivity index (χ3v) is 8.13. The Hall–Kier alpha value is -1.83. The van der Waals surface area contributed by atoms with Gasteiger partial charge in [-0.15, -0.1) is 12.4 Å². The van der Waals surface area contributed by atoms with Crippen LogP contribution in [-0.2, 0) is 16.1 Å². The van der Waals surface area contributed by atoms with Crippen molar-refractivity contribution < 1.29 is 14.4 Å². The number of amides is 3. The van der Waals surface area contributed by atoms with Gasteiger partial charge < -0.3 is 15.1 Å². The lowest BCUT2D eigenvalue weighted by atomic mass is 9.83. The maximum Gasteiger partial charge on any atom is 0.255 e. The Labute approximate surface area is 206 Å². The minimum atomic E-state index is -0.613. The standard InChI is InChI=1S/C24H31ClN4O3.ClH/c25-22-18-14-29(20-3-4-21(30)27-23(20)31)24(32)17(18)1-2-19(22)28-11-7-16(8-12-28)13-15-5-9-26-10-6-15;/h1-2,15-16,20,26H,3-14H2,(H,27,30,31);1H/t20-;/m0./s1. The van der Waals surface area contributed by atoms with Crippen LogP contribution in [0.15, 0.2) is 12.1 Å². The van der Waals surface area contributed by atoms with Crippen molar-refractivity contribution in [3.05, 3.63) is 28.3 Å². The van der Waals surface area contributed by atoms with E-state index in [9.17, 15) is 14.4 Å². The van der Waals surface area contributed by atoms with E-state index in [1.807, 2.05) is 12.1 Å². The summed E-state index contributed by atoms with van der Waals surface area (Å²) < 4.78 is 0. The van der Waals surface area contributed by atoms with Crippen LogP contribution >= 0.6 is 24.0 Å². The van der Waals surface area contributed by atoms with E-state index < -0.39 is 11.9 Å². The summed E-state index contributed by atoms with van der Waals surface area (Å²) in [4.78, 5) is 40.7. The molecule has 3 saturated heterocycles. The largest absolute Gasteiger partial charge is 0.370 e. The topological polar surface area (TPSA) is 81.8 Å². The van der Waals surface area contributed by atoms with Crippen LogP contribution in [0.5, 0.6) is 0 Å². The van der Waals surface area contributed by atoms with Crippen molar-refractivity contribution in [2.75, 3.05) is 31.1 Å². The van der Waals surface area contributed by atoms with Crippen molar-refractivity contribution in [2.24, 2.45) is 11.8 Å². The molecule has 0 unspecified atom stereocenters. The van der Waals surface area contributed by atoms with Gasteiger partial charge in [0.25, 0.3) is 5.91 Å². The number of halogens is 2. The molecule has 4 aliphatic rings. The first-order valence-corrected chi connectivity index (χ1v) is 12.3. The molecule has 0 aliphatic carbocycles. The first-order valence-electron chi connectivity index (χ1n) is 11.9. The summed E-state index contributed by atoms with van der Waals surface area (Å²) in [7, 11) is 0. The molecule has 5 rings (SSSR count). The molecule has 33 heavy (non-hydrogen) atoms. The predicted molar refractivity (Wildman–Crippen MR) is 130 cm³/mol. The van der Waals surface area contributed by atoms with Gasteiger partial charge in [0.2, 0.25) is 11.8 Å². The number of piperidine rings is 3. The highest BCUT2D eigenvalue weighted by Gasteiger charge is 2.40. The molecule has 7 nitrogen and oxygen atoms in total. The summed E-state index contributed by atoms with van der Waals surface area (Å²) in [5.41, 5.74) is 2.36. The molecule has 0 spiro atoms. The first-order chi connectivity index (χ1) is 15.5. The maximum absolute atomic E-state index is 13.0. The van der Waals surface area contributed by atoms with Crippen LogP contribution in [0.2, 0.25) is 5.02 Å². The Morgan fingerprint density at radius 3 is 2.36 bits per heavy atom. The van der Waals surface area contributed by atoms with Gasteiger partial charge in [0.15, 0.2) is 0 Å². The number of carbonyl (C=O) groups excluding carboxylic acids is 3. The highest BCUT2D eigenvalue weighted by Crippen LogP contribution is 2.39. The number of hydrogen-bond donors (Lipinski definition) is 2. The van der Waals surface area contributed by atoms with Crippen molar-refractivity contribution in [3.63, 3.8) is 0 Å². The van der Waals surface area contributed by atoms with Gasteiger partial charge in [-0.2, -0.15) is 0 Å². The van der Waals surface area contributed by atoms with E-state index in [2.05, 4.69) is 15.5 Å². The van der Waals surface area contributed by atoms with Gasteiger partial charge in [-0.05, 0) is 75.6 Å². The lowest BCUT2D eigenvalue weighted by Crippen LogP contribution is -2.52. The number of hydrogen-bond acceptors (Lipinski definition) is 5. The van der Waals surface area contributed by atoms with E-state index in [4.69, 9.17) is 11.6 Å². The number of anilines is 1. The quantitative estimate of drug-likeness (QED) is 0.628. The average Bonchev–Trinajstić information content (AvgIpc) is 3.13. The van der Waals surface area contributed by atoms with Crippen LogP contribution in [-0.4, -0.2) is 54.8 Å². The summed E-state index contributed by atoms with van der Waals surface area (Å²) in [6.45, 7) is 4.60. The summed E-state index contributed by atoms with van der Waals surface area (Å²) in [5, 5.41) is 6.43. The van der Waals surface area contributed by atoms with E-state index >= 15 is 0 Å². The van der Waals surface area contributed by atoms with E-state index in [0.29, 0.717) is 23.6 Å². The van der Waals surface area contributed by atoms with Crippen LogP contribution in [0.1, 0.15) is 60.9 Å². The summed E-state index contributed by atoms with van der Waals surface area (Å²) >= 11 is 6.83. The molecule has 4 heterocycles. The van der Waals surface area contributed by atoms with Gasteiger partial charge in [0.05, 0.1) is 10.7 Å². The van der Waals surface area contributed by atoms with E-state index in [0.717, 1.165) is 49.3 Å². The van der Waals surface area contributed by atoms with Crippen molar-refractivity contribution >= 4 is 47.4 Å². The molecule has 9 heteroatoms. The lowest BCUT2D eigenvalue weighted by Gasteiger charge is -2.36. The molecule has 3 amide bonds. The van der Waals surface area contributed by atoms with Gasteiger partial charge >= 0.3 is 0 Å². The minimum Gasteiger partial charge on any atom is -0.370 e. The number of nitrogens with zero attached hydrogens (tertiary/aromatic N) is 2. The average molecular weight is 495 g/mol. The van der Waals surface area contributed by atoms with Gasteiger partial charge in [-0.25, -0.2) is 0 Å². The molecule has 1 aromatic carbocycles. The lowest BCUT2D eigenvalue weighted by molar-refractivity contribution is -0.136. The van der Waals surface area contributed by atoms with Gasteiger partial charge in [-0.1, -0.05) is 11.6 Å². The molecule has 1 aromatic rings.